The number of anilines is 1. The fraction of sp³-hybridized carbons (Fsp3) is 0.391. The summed E-state index contributed by atoms with van der Waals surface area (Å²) in [6, 6.07) is 10.9. The molecule has 154 valence electrons. The highest BCUT2D eigenvalue weighted by Gasteiger charge is 2.18. The number of carbonyl (C=O) groups is 2. The number of carbonyl (C=O) groups excluding carboxylic acids is 2. The lowest BCUT2D eigenvalue weighted by Crippen LogP contribution is -2.32. The molecule has 1 fully saturated rings. The third kappa shape index (κ3) is 5.57. The number of benzene rings is 2. The molecular weight excluding hydrogens is 368 g/mol. The lowest BCUT2D eigenvalue weighted by atomic mass is 10.1. The maximum absolute atomic E-state index is 12.6. The summed E-state index contributed by atoms with van der Waals surface area (Å²) in [4.78, 5) is 25.0. The van der Waals surface area contributed by atoms with Gasteiger partial charge < -0.3 is 20.1 Å². The lowest BCUT2D eigenvalue weighted by Gasteiger charge is -2.15. The largest absolute Gasteiger partial charge is 0.483 e. The molecule has 1 heterocycles. The zero-order valence-corrected chi connectivity index (χ0v) is 17.2. The van der Waals surface area contributed by atoms with Gasteiger partial charge >= 0.3 is 0 Å². The lowest BCUT2D eigenvalue weighted by molar-refractivity contribution is -0.118. The van der Waals surface area contributed by atoms with Crippen molar-refractivity contribution in [2.45, 2.75) is 39.7 Å². The number of aryl methyl sites for hydroxylation is 2. The van der Waals surface area contributed by atoms with Gasteiger partial charge in [-0.05, 0) is 68.5 Å². The number of amides is 2. The number of hydrogen-bond acceptors (Lipinski definition) is 4. The van der Waals surface area contributed by atoms with E-state index in [0.717, 1.165) is 36.1 Å². The second-order valence-corrected chi connectivity index (χ2v) is 7.43. The molecule has 1 atom stereocenters. The third-order valence-corrected chi connectivity index (χ3v) is 5.08. The van der Waals surface area contributed by atoms with Crippen LogP contribution in [0.2, 0.25) is 0 Å². The van der Waals surface area contributed by atoms with Crippen molar-refractivity contribution in [2.24, 2.45) is 0 Å². The van der Waals surface area contributed by atoms with Crippen molar-refractivity contribution in [1.29, 1.82) is 0 Å². The summed E-state index contributed by atoms with van der Waals surface area (Å²) in [5.74, 6) is 0.144. The minimum atomic E-state index is -0.317. The average molecular weight is 396 g/mol. The number of ether oxygens (including phenoxy) is 2. The first-order chi connectivity index (χ1) is 13.9. The van der Waals surface area contributed by atoms with E-state index in [1.807, 2.05) is 26.8 Å². The van der Waals surface area contributed by atoms with Crippen molar-refractivity contribution in [3.8, 4) is 5.75 Å². The van der Waals surface area contributed by atoms with Crippen LogP contribution in [0.4, 0.5) is 5.69 Å². The van der Waals surface area contributed by atoms with Crippen LogP contribution >= 0.6 is 0 Å². The quantitative estimate of drug-likeness (QED) is 0.751. The Kier molecular flexibility index (Phi) is 6.88. The van der Waals surface area contributed by atoms with Crippen molar-refractivity contribution in [3.05, 3.63) is 58.7 Å². The molecule has 1 aliphatic rings. The highest BCUT2D eigenvalue weighted by atomic mass is 16.5. The molecule has 2 aromatic carbocycles. The number of para-hydroxylation sites is 1. The topological polar surface area (TPSA) is 76.7 Å². The van der Waals surface area contributed by atoms with Gasteiger partial charge in [0, 0.05) is 13.2 Å². The van der Waals surface area contributed by atoms with Crippen molar-refractivity contribution in [1.82, 2.24) is 5.32 Å². The normalized spacial score (nSPS) is 15.8. The molecule has 0 unspecified atom stereocenters. The summed E-state index contributed by atoms with van der Waals surface area (Å²) in [5, 5.41) is 5.67. The summed E-state index contributed by atoms with van der Waals surface area (Å²) < 4.78 is 11.3. The summed E-state index contributed by atoms with van der Waals surface area (Å²) in [5.41, 5.74) is 4.09. The van der Waals surface area contributed by atoms with Crippen molar-refractivity contribution >= 4 is 17.5 Å². The molecular formula is C23H28N2O4. The molecule has 2 amide bonds. The molecule has 6 nitrogen and oxygen atoms in total. The van der Waals surface area contributed by atoms with Gasteiger partial charge in [-0.15, -0.1) is 0 Å². The Morgan fingerprint density at radius 1 is 1.17 bits per heavy atom. The molecule has 0 aromatic heterocycles. The van der Waals surface area contributed by atoms with Gasteiger partial charge in [-0.25, -0.2) is 0 Å². The van der Waals surface area contributed by atoms with E-state index < -0.39 is 0 Å². The Labute approximate surface area is 171 Å². The van der Waals surface area contributed by atoms with E-state index >= 15 is 0 Å². The zero-order valence-electron chi connectivity index (χ0n) is 17.2. The van der Waals surface area contributed by atoms with E-state index in [9.17, 15) is 9.59 Å². The Hall–Kier alpha value is -2.86. The zero-order chi connectivity index (χ0) is 20.8. The second-order valence-electron chi connectivity index (χ2n) is 7.43. The van der Waals surface area contributed by atoms with Crippen molar-refractivity contribution in [3.63, 3.8) is 0 Å². The number of hydrogen-bond donors (Lipinski definition) is 2. The van der Waals surface area contributed by atoms with E-state index in [-0.39, 0.29) is 24.5 Å². The van der Waals surface area contributed by atoms with E-state index in [4.69, 9.17) is 9.47 Å². The van der Waals surface area contributed by atoms with Gasteiger partial charge in [0.15, 0.2) is 6.61 Å². The van der Waals surface area contributed by atoms with E-state index in [0.29, 0.717) is 23.5 Å². The first kappa shape index (κ1) is 20.9. The van der Waals surface area contributed by atoms with Gasteiger partial charge in [0.05, 0.1) is 17.4 Å². The molecule has 6 heteroatoms. The minimum absolute atomic E-state index is 0.0649. The molecule has 1 saturated heterocycles. The summed E-state index contributed by atoms with van der Waals surface area (Å²) in [6.07, 6.45) is 2.04. The number of rotatable bonds is 7. The van der Waals surface area contributed by atoms with Gasteiger partial charge in [0.2, 0.25) is 0 Å². The van der Waals surface area contributed by atoms with Crippen LogP contribution in [0.3, 0.4) is 0 Å². The number of nitrogens with one attached hydrogen (secondary N) is 2. The molecule has 3 rings (SSSR count). The van der Waals surface area contributed by atoms with Crippen LogP contribution in [0.25, 0.3) is 0 Å². The van der Waals surface area contributed by atoms with Gasteiger partial charge in [0.1, 0.15) is 5.75 Å². The predicted molar refractivity (Wildman–Crippen MR) is 113 cm³/mol. The predicted octanol–water partition coefficient (Wildman–Crippen LogP) is 3.54. The molecule has 0 radical (unpaired) electrons. The summed E-state index contributed by atoms with van der Waals surface area (Å²) >= 11 is 0. The van der Waals surface area contributed by atoms with Gasteiger partial charge in [0.25, 0.3) is 11.8 Å². The standard InChI is InChI=1S/C23H28N2O4/c1-15-11-16(2)17(3)21(12-15)29-14-22(26)25-20-9-5-4-8-19(20)23(27)24-13-18-7-6-10-28-18/h4-5,8-9,11-12,18H,6-7,10,13-14H2,1-3H3,(H,24,27)(H,25,26)/t18-/m0/s1. The molecule has 0 saturated carbocycles. The van der Waals surface area contributed by atoms with E-state index in [1.54, 1.807) is 24.3 Å². The van der Waals surface area contributed by atoms with Crippen LogP contribution in [-0.2, 0) is 9.53 Å². The van der Waals surface area contributed by atoms with Gasteiger partial charge in [-0.2, -0.15) is 0 Å². The fourth-order valence-corrected chi connectivity index (χ4v) is 3.38. The monoisotopic (exact) mass is 396 g/mol. The molecule has 2 N–H and O–H groups in total. The maximum atomic E-state index is 12.6. The molecule has 29 heavy (non-hydrogen) atoms. The molecule has 1 aliphatic heterocycles. The molecule has 0 spiro atoms. The SMILES string of the molecule is Cc1cc(C)c(C)c(OCC(=O)Nc2ccccc2C(=O)NC[C@@H]2CCCO2)c1. The maximum Gasteiger partial charge on any atom is 0.262 e. The first-order valence-corrected chi connectivity index (χ1v) is 9.93. The van der Waals surface area contributed by atoms with E-state index in [1.165, 1.54) is 0 Å². The highest BCUT2D eigenvalue weighted by molar-refractivity contribution is 6.04. The van der Waals surface area contributed by atoms with Crippen molar-refractivity contribution in [2.75, 3.05) is 25.1 Å². The molecule has 0 aliphatic carbocycles. The Morgan fingerprint density at radius 3 is 2.72 bits per heavy atom. The minimum Gasteiger partial charge on any atom is -0.483 e. The van der Waals surface area contributed by atoms with Crippen molar-refractivity contribution < 1.29 is 19.1 Å². The second kappa shape index (κ2) is 9.56. The Bertz CT molecular complexity index is 888. The van der Waals surface area contributed by atoms with Gasteiger partial charge in [-0.1, -0.05) is 18.2 Å². The Balaban J connectivity index is 1.59. The van der Waals surface area contributed by atoms with Crippen LogP contribution in [0.5, 0.6) is 5.75 Å². The van der Waals surface area contributed by atoms with Gasteiger partial charge in [-0.3, -0.25) is 9.59 Å². The van der Waals surface area contributed by atoms with Crippen LogP contribution in [-0.4, -0.2) is 37.7 Å². The average Bonchev–Trinajstić information content (AvgIpc) is 3.22. The third-order valence-electron chi connectivity index (χ3n) is 5.08. The van der Waals surface area contributed by atoms with Crippen LogP contribution in [0.15, 0.2) is 36.4 Å². The van der Waals surface area contributed by atoms with Crippen LogP contribution < -0.4 is 15.4 Å². The fourth-order valence-electron chi connectivity index (χ4n) is 3.38. The molecule has 2 aromatic rings. The van der Waals surface area contributed by atoms with E-state index in [2.05, 4.69) is 16.7 Å². The summed E-state index contributed by atoms with van der Waals surface area (Å²) in [7, 11) is 0. The molecule has 0 bridgehead atoms. The Morgan fingerprint density at radius 2 is 1.97 bits per heavy atom. The summed E-state index contributed by atoms with van der Waals surface area (Å²) in [6.45, 7) is 7.06. The van der Waals surface area contributed by atoms with Crippen LogP contribution in [0, 0.1) is 20.8 Å². The highest BCUT2D eigenvalue weighted by Crippen LogP contribution is 2.23. The smallest absolute Gasteiger partial charge is 0.262 e. The first-order valence-electron chi connectivity index (χ1n) is 9.93. The van der Waals surface area contributed by atoms with Crippen LogP contribution in [0.1, 0.15) is 39.9 Å².